The van der Waals surface area contributed by atoms with Crippen molar-refractivity contribution in [3.05, 3.63) is 29.8 Å². The molecule has 0 radical (unpaired) electrons. The highest BCUT2D eigenvalue weighted by molar-refractivity contribution is 7.99. The normalized spacial score (nSPS) is 12.4. The van der Waals surface area contributed by atoms with Gasteiger partial charge in [0.1, 0.15) is 0 Å². The number of benzene rings is 1. The van der Waals surface area contributed by atoms with Crippen LogP contribution in [0, 0.1) is 0 Å². The molecule has 0 aromatic heterocycles. The molecule has 3 nitrogen and oxygen atoms in total. The summed E-state index contributed by atoms with van der Waals surface area (Å²) < 4.78 is 0. The van der Waals surface area contributed by atoms with Crippen LogP contribution in [0.5, 0.6) is 0 Å². The predicted octanol–water partition coefficient (Wildman–Crippen LogP) is 2.92. The fourth-order valence-electron chi connectivity index (χ4n) is 1.71. The number of nitrogens with one attached hydrogen (secondary N) is 1. The summed E-state index contributed by atoms with van der Waals surface area (Å²) >= 11 is 1.81. The van der Waals surface area contributed by atoms with Crippen LogP contribution < -0.4 is 5.32 Å². The van der Waals surface area contributed by atoms with Gasteiger partial charge in [-0.1, -0.05) is 19.1 Å². The van der Waals surface area contributed by atoms with Crippen molar-refractivity contribution < 1.29 is 9.90 Å². The minimum Gasteiger partial charge on any atom is -0.481 e. The first kappa shape index (κ1) is 14.1. The lowest BCUT2D eigenvalue weighted by atomic mass is 10.0. The van der Waals surface area contributed by atoms with Crippen molar-refractivity contribution >= 4 is 17.7 Å². The van der Waals surface area contributed by atoms with E-state index in [4.69, 9.17) is 5.11 Å². The van der Waals surface area contributed by atoms with Crippen LogP contribution in [-0.2, 0) is 4.79 Å². The van der Waals surface area contributed by atoms with Gasteiger partial charge in [0, 0.05) is 17.4 Å². The third-order valence-electron chi connectivity index (χ3n) is 2.59. The van der Waals surface area contributed by atoms with Crippen LogP contribution >= 0.6 is 11.8 Å². The molecule has 0 aliphatic carbocycles. The molecule has 1 unspecified atom stereocenters. The topological polar surface area (TPSA) is 49.3 Å². The van der Waals surface area contributed by atoms with Crippen molar-refractivity contribution in [1.29, 1.82) is 0 Å². The van der Waals surface area contributed by atoms with E-state index in [9.17, 15) is 4.79 Å². The number of carboxylic acids is 1. The van der Waals surface area contributed by atoms with E-state index < -0.39 is 5.97 Å². The van der Waals surface area contributed by atoms with Crippen LogP contribution in [0.4, 0.5) is 0 Å². The Morgan fingerprint density at radius 1 is 1.41 bits per heavy atom. The van der Waals surface area contributed by atoms with E-state index in [1.54, 1.807) is 0 Å². The summed E-state index contributed by atoms with van der Waals surface area (Å²) in [5.74, 6) is 0.316. The smallest absolute Gasteiger partial charge is 0.303 e. The zero-order valence-corrected chi connectivity index (χ0v) is 11.1. The molecule has 1 aromatic rings. The standard InChI is InChI=1S/C13H19NO2S/c1-3-17-11-6-4-10(5-7-11)12(14-2)8-9-13(15)16/h4-7,12,14H,3,8-9H2,1-2H3,(H,15,16). The molecule has 2 N–H and O–H groups in total. The summed E-state index contributed by atoms with van der Waals surface area (Å²) in [6.07, 6.45) is 0.809. The van der Waals surface area contributed by atoms with Crippen molar-refractivity contribution in [3.8, 4) is 0 Å². The van der Waals surface area contributed by atoms with Gasteiger partial charge in [-0.2, -0.15) is 0 Å². The molecular weight excluding hydrogens is 234 g/mol. The highest BCUT2D eigenvalue weighted by Gasteiger charge is 2.10. The van der Waals surface area contributed by atoms with E-state index in [1.807, 2.05) is 18.8 Å². The van der Waals surface area contributed by atoms with Gasteiger partial charge in [0.05, 0.1) is 0 Å². The first-order valence-electron chi connectivity index (χ1n) is 5.79. The van der Waals surface area contributed by atoms with E-state index in [1.165, 1.54) is 4.90 Å². The minimum absolute atomic E-state index is 0.117. The molecule has 0 heterocycles. The van der Waals surface area contributed by atoms with E-state index in [2.05, 4.69) is 36.5 Å². The molecule has 1 rings (SSSR count). The Kier molecular flexibility index (Phi) is 6.08. The van der Waals surface area contributed by atoms with Gasteiger partial charge >= 0.3 is 5.97 Å². The fraction of sp³-hybridized carbons (Fsp3) is 0.462. The molecule has 0 amide bonds. The molecule has 0 bridgehead atoms. The Hall–Kier alpha value is -1.00. The summed E-state index contributed by atoms with van der Waals surface area (Å²) in [5, 5.41) is 11.8. The van der Waals surface area contributed by atoms with Crippen LogP contribution in [0.15, 0.2) is 29.2 Å². The number of hydrogen-bond donors (Lipinski definition) is 2. The molecule has 17 heavy (non-hydrogen) atoms. The number of carboxylic acid groups (broad SMARTS) is 1. The lowest BCUT2D eigenvalue weighted by molar-refractivity contribution is -0.137. The SMILES string of the molecule is CCSc1ccc(C(CCC(=O)O)NC)cc1. The fourth-order valence-corrected chi connectivity index (χ4v) is 2.37. The number of rotatable bonds is 7. The van der Waals surface area contributed by atoms with Crippen molar-refractivity contribution in [1.82, 2.24) is 5.32 Å². The van der Waals surface area contributed by atoms with E-state index in [-0.39, 0.29) is 12.5 Å². The molecule has 0 aliphatic rings. The molecule has 0 aliphatic heterocycles. The highest BCUT2D eigenvalue weighted by atomic mass is 32.2. The lowest BCUT2D eigenvalue weighted by Gasteiger charge is -2.15. The Bertz CT molecular complexity index is 351. The van der Waals surface area contributed by atoms with Crippen LogP contribution in [-0.4, -0.2) is 23.9 Å². The summed E-state index contributed by atoms with van der Waals surface area (Å²) in [6.45, 7) is 2.13. The predicted molar refractivity (Wildman–Crippen MR) is 71.5 cm³/mol. The van der Waals surface area contributed by atoms with Gasteiger partial charge < -0.3 is 10.4 Å². The summed E-state index contributed by atoms with van der Waals surface area (Å²) in [5.41, 5.74) is 1.15. The van der Waals surface area contributed by atoms with Crippen LogP contribution in [0.1, 0.15) is 31.4 Å². The lowest BCUT2D eigenvalue weighted by Crippen LogP contribution is -2.17. The monoisotopic (exact) mass is 253 g/mol. The number of carbonyl (C=O) groups is 1. The summed E-state index contributed by atoms with van der Waals surface area (Å²) in [6, 6.07) is 8.44. The maximum Gasteiger partial charge on any atom is 0.303 e. The molecule has 0 spiro atoms. The first-order chi connectivity index (χ1) is 8.17. The van der Waals surface area contributed by atoms with Crippen molar-refractivity contribution in [2.45, 2.75) is 30.7 Å². The van der Waals surface area contributed by atoms with Crippen molar-refractivity contribution in [2.75, 3.05) is 12.8 Å². The van der Waals surface area contributed by atoms with Gasteiger partial charge in [-0.3, -0.25) is 4.79 Å². The number of thioether (sulfide) groups is 1. The molecular formula is C13H19NO2S. The van der Waals surface area contributed by atoms with Crippen LogP contribution in [0.2, 0.25) is 0 Å². The van der Waals surface area contributed by atoms with Gasteiger partial charge in [-0.25, -0.2) is 0 Å². The van der Waals surface area contributed by atoms with E-state index in [0.717, 1.165) is 11.3 Å². The Morgan fingerprint density at radius 2 is 2.06 bits per heavy atom. The Labute approximate surface area is 107 Å². The van der Waals surface area contributed by atoms with Gasteiger partial charge in [-0.05, 0) is 36.9 Å². The van der Waals surface area contributed by atoms with E-state index >= 15 is 0 Å². The zero-order valence-electron chi connectivity index (χ0n) is 10.3. The third kappa shape index (κ3) is 4.79. The quantitative estimate of drug-likeness (QED) is 0.734. The van der Waals surface area contributed by atoms with Crippen molar-refractivity contribution in [3.63, 3.8) is 0 Å². The number of aliphatic carboxylic acids is 1. The second-order valence-corrected chi connectivity index (χ2v) is 5.11. The molecule has 0 saturated heterocycles. The highest BCUT2D eigenvalue weighted by Crippen LogP contribution is 2.23. The molecule has 0 saturated carbocycles. The van der Waals surface area contributed by atoms with Crippen LogP contribution in [0.3, 0.4) is 0 Å². The molecule has 0 fully saturated rings. The van der Waals surface area contributed by atoms with Crippen molar-refractivity contribution in [2.24, 2.45) is 0 Å². The Morgan fingerprint density at radius 3 is 2.53 bits per heavy atom. The van der Waals surface area contributed by atoms with E-state index in [0.29, 0.717) is 6.42 Å². The summed E-state index contributed by atoms with van der Waals surface area (Å²) in [7, 11) is 1.86. The Balaban J connectivity index is 2.64. The first-order valence-corrected chi connectivity index (χ1v) is 6.77. The molecule has 4 heteroatoms. The van der Waals surface area contributed by atoms with Crippen LogP contribution in [0.25, 0.3) is 0 Å². The molecule has 94 valence electrons. The van der Waals surface area contributed by atoms with Gasteiger partial charge in [0.2, 0.25) is 0 Å². The third-order valence-corrected chi connectivity index (χ3v) is 3.48. The maximum absolute atomic E-state index is 10.6. The second kappa shape index (κ2) is 7.35. The molecule has 1 aromatic carbocycles. The zero-order chi connectivity index (χ0) is 12.7. The average Bonchev–Trinajstić information content (AvgIpc) is 2.32. The molecule has 1 atom stereocenters. The average molecular weight is 253 g/mol. The summed E-state index contributed by atoms with van der Waals surface area (Å²) in [4.78, 5) is 11.8. The minimum atomic E-state index is -0.747. The second-order valence-electron chi connectivity index (χ2n) is 3.78. The number of hydrogen-bond acceptors (Lipinski definition) is 3. The van der Waals surface area contributed by atoms with Gasteiger partial charge in [0.25, 0.3) is 0 Å². The maximum atomic E-state index is 10.6. The van der Waals surface area contributed by atoms with Gasteiger partial charge in [0.15, 0.2) is 0 Å². The van der Waals surface area contributed by atoms with Gasteiger partial charge in [-0.15, -0.1) is 11.8 Å². The largest absolute Gasteiger partial charge is 0.481 e.